The third-order valence-corrected chi connectivity index (χ3v) is 3.99. The summed E-state index contributed by atoms with van der Waals surface area (Å²) < 4.78 is 3.42. The van der Waals surface area contributed by atoms with Crippen LogP contribution in [0.4, 0.5) is 0 Å². The highest BCUT2D eigenvalue weighted by molar-refractivity contribution is 5.78. The van der Waals surface area contributed by atoms with Crippen molar-refractivity contribution in [1.29, 1.82) is 0 Å². The van der Waals surface area contributed by atoms with Gasteiger partial charge in [-0.1, -0.05) is 13.0 Å². The molecule has 0 unspecified atom stereocenters. The van der Waals surface area contributed by atoms with Crippen molar-refractivity contribution < 1.29 is 0 Å². The quantitative estimate of drug-likeness (QED) is 0.740. The Labute approximate surface area is 128 Å². The lowest BCUT2D eigenvalue weighted by atomic mass is 10.1. The van der Waals surface area contributed by atoms with E-state index in [2.05, 4.69) is 22.0 Å². The minimum atomic E-state index is -0.211. The molecule has 2 aromatic heterocycles. The van der Waals surface area contributed by atoms with Crippen molar-refractivity contribution in [2.45, 2.75) is 39.8 Å². The van der Waals surface area contributed by atoms with Crippen LogP contribution in [0.1, 0.15) is 38.2 Å². The van der Waals surface area contributed by atoms with Crippen LogP contribution in [0.25, 0.3) is 10.9 Å². The highest BCUT2D eigenvalue weighted by Crippen LogP contribution is 2.16. The highest BCUT2D eigenvalue weighted by atomic mass is 16.1. The smallest absolute Gasteiger partial charge is 0.261 e. The first-order valence-corrected chi connectivity index (χ1v) is 7.53. The van der Waals surface area contributed by atoms with Gasteiger partial charge in [-0.25, -0.2) is 14.6 Å². The topological polar surface area (TPSA) is 65.6 Å². The summed E-state index contributed by atoms with van der Waals surface area (Å²) in [7, 11) is 0. The van der Waals surface area contributed by atoms with Gasteiger partial charge in [0.2, 0.25) is 0 Å². The van der Waals surface area contributed by atoms with Gasteiger partial charge >= 0.3 is 0 Å². The van der Waals surface area contributed by atoms with Crippen LogP contribution < -0.4 is 5.56 Å². The number of rotatable bonds is 4. The van der Waals surface area contributed by atoms with E-state index >= 15 is 0 Å². The Balaban J connectivity index is 2.15. The second kappa shape index (κ2) is 5.71. The molecule has 0 spiro atoms. The van der Waals surface area contributed by atoms with Crippen LogP contribution in [0.15, 0.2) is 35.6 Å². The van der Waals surface area contributed by atoms with Crippen LogP contribution in [-0.4, -0.2) is 24.3 Å². The number of hydrogen-bond acceptors (Lipinski definition) is 4. The minimum Gasteiger partial charge on any atom is -0.288 e. The lowest BCUT2D eigenvalue weighted by Gasteiger charge is -2.15. The summed E-state index contributed by atoms with van der Waals surface area (Å²) in [6.07, 6.45) is 4.00. The summed E-state index contributed by atoms with van der Waals surface area (Å²) >= 11 is 0. The fourth-order valence-electron chi connectivity index (χ4n) is 2.64. The largest absolute Gasteiger partial charge is 0.288 e. The molecule has 6 heteroatoms. The van der Waals surface area contributed by atoms with E-state index in [1.807, 2.05) is 32.0 Å². The van der Waals surface area contributed by atoms with Crippen molar-refractivity contribution in [3.05, 3.63) is 52.6 Å². The predicted octanol–water partition coefficient (Wildman–Crippen LogP) is 2.18. The Kier molecular flexibility index (Phi) is 3.75. The molecule has 1 atom stereocenters. The van der Waals surface area contributed by atoms with Crippen molar-refractivity contribution in [3.63, 3.8) is 0 Å². The Hall–Kier alpha value is -2.50. The molecule has 114 valence electrons. The minimum absolute atomic E-state index is 0.0431. The summed E-state index contributed by atoms with van der Waals surface area (Å²) in [6.45, 7) is 6.73. The summed E-state index contributed by atoms with van der Waals surface area (Å²) in [5.74, 6) is 0.761. The van der Waals surface area contributed by atoms with Gasteiger partial charge in [0.25, 0.3) is 5.56 Å². The number of fused-ring (bicyclic) bond motifs is 1. The SMILES string of the molecule is CCc1ccc2ncn([C@@H](C)c3ncnn3CC)c(=O)c2c1. The number of hydrogen-bond donors (Lipinski definition) is 0. The van der Waals surface area contributed by atoms with E-state index in [1.54, 1.807) is 15.6 Å². The van der Waals surface area contributed by atoms with Crippen molar-refractivity contribution in [3.8, 4) is 0 Å². The number of nitrogens with zero attached hydrogens (tertiary/aromatic N) is 5. The lowest BCUT2D eigenvalue weighted by molar-refractivity contribution is 0.514. The van der Waals surface area contributed by atoms with Gasteiger partial charge in [-0.3, -0.25) is 9.36 Å². The lowest BCUT2D eigenvalue weighted by Crippen LogP contribution is -2.26. The molecule has 0 aliphatic rings. The van der Waals surface area contributed by atoms with E-state index in [0.717, 1.165) is 29.9 Å². The van der Waals surface area contributed by atoms with Crippen molar-refractivity contribution in [2.75, 3.05) is 0 Å². The maximum Gasteiger partial charge on any atom is 0.261 e. The maximum absolute atomic E-state index is 12.8. The fourth-order valence-corrected chi connectivity index (χ4v) is 2.64. The Morgan fingerprint density at radius 1 is 1.23 bits per heavy atom. The van der Waals surface area contributed by atoms with Gasteiger partial charge in [0.15, 0.2) is 0 Å². The molecule has 6 nitrogen and oxygen atoms in total. The standard InChI is InChI=1S/C16H19N5O/c1-4-12-6-7-14-13(8-12)16(22)20(10-18-14)11(3)15-17-9-19-21(15)5-2/h6-11H,4-5H2,1-3H3/t11-/m0/s1. The van der Waals surface area contributed by atoms with Crippen LogP contribution in [0, 0.1) is 0 Å². The average Bonchev–Trinajstić information content (AvgIpc) is 3.03. The summed E-state index contributed by atoms with van der Waals surface area (Å²) in [5.41, 5.74) is 1.81. The predicted molar refractivity (Wildman–Crippen MR) is 84.9 cm³/mol. The van der Waals surface area contributed by atoms with Gasteiger partial charge in [0.1, 0.15) is 12.2 Å². The molecule has 0 bridgehead atoms. The molecule has 22 heavy (non-hydrogen) atoms. The third kappa shape index (κ3) is 2.30. The molecular weight excluding hydrogens is 278 g/mol. The first-order chi connectivity index (χ1) is 10.7. The zero-order valence-electron chi connectivity index (χ0n) is 13.0. The van der Waals surface area contributed by atoms with Crippen molar-refractivity contribution in [1.82, 2.24) is 24.3 Å². The van der Waals surface area contributed by atoms with Crippen LogP contribution in [-0.2, 0) is 13.0 Å². The molecule has 3 rings (SSSR count). The van der Waals surface area contributed by atoms with E-state index < -0.39 is 0 Å². The Bertz CT molecular complexity index is 864. The molecule has 0 N–H and O–H groups in total. The Morgan fingerprint density at radius 3 is 2.77 bits per heavy atom. The molecule has 0 aliphatic heterocycles. The normalized spacial score (nSPS) is 12.7. The van der Waals surface area contributed by atoms with Gasteiger partial charge in [0, 0.05) is 6.54 Å². The number of aryl methyl sites for hydroxylation is 2. The van der Waals surface area contributed by atoms with E-state index in [4.69, 9.17) is 0 Å². The monoisotopic (exact) mass is 297 g/mol. The summed E-state index contributed by atoms with van der Waals surface area (Å²) in [6, 6.07) is 5.63. The first kappa shape index (κ1) is 14.4. The van der Waals surface area contributed by atoms with Gasteiger partial charge in [0.05, 0.1) is 23.3 Å². The second-order valence-electron chi connectivity index (χ2n) is 5.27. The summed E-state index contributed by atoms with van der Waals surface area (Å²) in [5, 5.41) is 4.82. The van der Waals surface area contributed by atoms with Crippen LogP contribution in [0.2, 0.25) is 0 Å². The van der Waals surface area contributed by atoms with Gasteiger partial charge in [-0.15, -0.1) is 0 Å². The molecule has 0 aliphatic carbocycles. The second-order valence-corrected chi connectivity index (χ2v) is 5.27. The zero-order chi connectivity index (χ0) is 15.7. The first-order valence-electron chi connectivity index (χ1n) is 7.53. The number of aromatic nitrogens is 5. The van der Waals surface area contributed by atoms with Crippen LogP contribution >= 0.6 is 0 Å². The van der Waals surface area contributed by atoms with Gasteiger partial charge < -0.3 is 0 Å². The van der Waals surface area contributed by atoms with E-state index in [-0.39, 0.29) is 11.6 Å². The summed E-state index contributed by atoms with van der Waals surface area (Å²) in [4.78, 5) is 21.5. The molecule has 2 heterocycles. The third-order valence-electron chi connectivity index (χ3n) is 3.99. The van der Waals surface area contributed by atoms with Crippen molar-refractivity contribution >= 4 is 10.9 Å². The maximum atomic E-state index is 12.8. The molecule has 0 radical (unpaired) electrons. The van der Waals surface area contributed by atoms with E-state index in [1.165, 1.54) is 6.33 Å². The number of benzene rings is 1. The molecule has 0 fully saturated rings. The van der Waals surface area contributed by atoms with Crippen LogP contribution in [0.5, 0.6) is 0 Å². The van der Waals surface area contributed by atoms with E-state index in [0.29, 0.717) is 5.39 Å². The molecule has 1 aromatic carbocycles. The molecule has 0 amide bonds. The van der Waals surface area contributed by atoms with Gasteiger partial charge in [-0.05, 0) is 38.0 Å². The highest BCUT2D eigenvalue weighted by Gasteiger charge is 2.17. The zero-order valence-corrected chi connectivity index (χ0v) is 13.0. The van der Waals surface area contributed by atoms with Crippen LogP contribution in [0.3, 0.4) is 0 Å². The fraction of sp³-hybridized carbons (Fsp3) is 0.375. The molecule has 0 saturated heterocycles. The molecular formula is C16H19N5O. The van der Waals surface area contributed by atoms with Crippen molar-refractivity contribution in [2.24, 2.45) is 0 Å². The Morgan fingerprint density at radius 2 is 2.05 bits per heavy atom. The molecule has 0 saturated carbocycles. The van der Waals surface area contributed by atoms with E-state index in [9.17, 15) is 4.79 Å². The average molecular weight is 297 g/mol. The van der Waals surface area contributed by atoms with Gasteiger partial charge in [-0.2, -0.15) is 5.10 Å². The molecule has 3 aromatic rings.